The molecule has 11 heavy (non-hydrogen) atoms. The van der Waals surface area contributed by atoms with Crippen molar-refractivity contribution in [1.29, 1.82) is 0 Å². The molecule has 0 heterocycles. The number of rotatable bonds is 3. The van der Waals surface area contributed by atoms with E-state index in [9.17, 15) is 0 Å². The molecular weight excluding hydrogens is 138 g/mol. The van der Waals surface area contributed by atoms with Crippen LogP contribution in [0.5, 0.6) is 0 Å². The van der Waals surface area contributed by atoms with Crippen molar-refractivity contribution in [1.82, 2.24) is 5.01 Å². The quantitative estimate of drug-likeness (QED) is 0.362. The summed E-state index contributed by atoms with van der Waals surface area (Å²) in [7, 11) is 0. The van der Waals surface area contributed by atoms with Gasteiger partial charge < -0.3 is 5.73 Å². The number of nitrogens with zero attached hydrogens (tertiary/aromatic N) is 1. The Hall–Kier alpha value is -1.22. The number of allylic oxidation sites excluding steroid dienone is 3. The van der Waals surface area contributed by atoms with E-state index in [-0.39, 0.29) is 0 Å². The molecule has 0 aromatic carbocycles. The molecule has 0 radical (unpaired) electrons. The van der Waals surface area contributed by atoms with Crippen molar-refractivity contribution in [2.24, 2.45) is 11.6 Å². The smallest absolute Gasteiger partial charge is 0.0748 e. The maximum atomic E-state index is 5.56. The highest BCUT2D eigenvalue weighted by molar-refractivity contribution is 5.21. The van der Waals surface area contributed by atoms with E-state index in [2.05, 4.69) is 6.58 Å². The molecule has 0 aliphatic rings. The Labute approximate surface area is 67.6 Å². The molecule has 0 fully saturated rings. The van der Waals surface area contributed by atoms with Crippen molar-refractivity contribution < 1.29 is 0 Å². The van der Waals surface area contributed by atoms with Gasteiger partial charge in [-0.25, -0.2) is 5.84 Å². The molecule has 0 amide bonds. The number of hydrogen-bond acceptors (Lipinski definition) is 3. The minimum atomic E-state index is 0.672. The van der Waals surface area contributed by atoms with E-state index in [4.69, 9.17) is 11.6 Å². The molecule has 62 valence electrons. The van der Waals surface area contributed by atoms with Gasteiger partial charge in [0.2, 0.25) is 0 Å². The van der Waals surface area contributed by atoms with E-state index >= 15 is 0 Å². The van der Waals surface area contributed by atoms with E-state index < -0.39 is 0 Å². The lowest BCUT2D eigenvalue weighted by atomic mass is 10.3. The van der Waals surface area contributed by atoms with Crippen molar-refractivity contribution in [3.05, 3.63) is 36.3 Å². The summed E-state index contributed by atoms with van der Waals surface area (Å²) >= 11 is 0. The Morgan fingerprint density at radius 1 is 1.55 bits per heavy atom. The predicted octanol–water partition coefficient (Wildman–Crippen LogP) is 1.07. The molecule has 0 aromatic heterocycles. The highest BCUT2D eigenvalue weighted by Crippen LogP contribution is 2.03. The van der Waals surface area contributed by atoms with Crippen LogP contribution in [0.2, 0.25) is 0 Å². The summed E-state index contributed by atoms with van der Waals surface area (Å²) in [5.41, 5.74) is 7.00. The summed E-state index contributed by atoms with van der Waals surface area (Å²) in [6.45, 7) is 7.22. The first-order valence-electron chi connectivity index (χ1n) is 3.39. The van der Waals surface area contributed by atoms with Crippen molar-refractivity contribution in [2.75, 3.05) is 0 Å². The van der Waals surface area contributed by atoms with Gasteiger partial charge in [0, 0.05) is 11.9 Å². The fraction of sp³-hybridized carbons (Fsp3) is 0.250. The maximum absolute atomic E-state index is 5.56. The van der Waals surface area contributed by atoms with Crippen molar-refractivity contribution >= 4 is 0 Å². The summed E-state index contributed by atoms with van der Waals surface area (Å²) < 4.78 is 0. The van der Waals surface area contributed by atoms with E-state index in [1.807, 2.05) is 19.1 Å². The molecule has 0 spiro atoms. The third-order valence-electron chi connectivity index (χ3n) is 1.20. The van der Waals surface area contributed by atoms with E-state index in [0.717, 1.165) is 5.70 Å². The molecule has 3 heteroatoms. The average Bonchev–Trinajstić information content (AvgIpc) is 1.98. The van der Waals surface area contributed by atoms with Gasteiger partial charge in [0.05, 0.1) is 5.70 Å². The third kappa shape index (κ3) is 2.91. The summed E-state index contributed by atoms with van der Waals surface area (Å²) in [4.78, 5) is 0. The van der Waals surface area contributed by atoms with Crippen LogP contribution in [0, 0.1) is 0 Å². The summed E-state index contributed by atoms with van der Waals surface area (Å²) in [6.07, 6.45) is 5.21. The number of hydrogen-bond donors (Lipinski definition) is 2. The first-order valence-corrected chi connectivity index (χ1v) is 3.39. The van der Waals surface area contributed by atoms with E-state index in [0.29, 0.717) is 5.70 Å². The Balaban J connectivity index is 4.62. The summed E-state index contributed by atoms with van der Waals surface area (Å²) in [6, 6.07) is 0. The van der Waals surface area contributed by atoms with Crippen LogP contribution in [-0.2, 0) is 0 Å². The van der Waals surface area contributed by atoms with Gasteiger partial charge in [-0.05, 0) is 19.9 Å². The maximum Gasteiger partial charge on any atom is 0.0748 e. The standard InChI is InChI=1S/C8H15N3/c1-4-6-8(7(3)9)11(10)5-2/h4-6H,2,9-10H2,1,3H3/b6-4-,8-7-. The minimum Gasteiger partial charge on any atom is -0.401 e. The monoisotopic (exact) mass is 153 g/mol. The SMILES string of the molecule is C=CN(N)C(/C=C\C)=C(/C)N. The van der Waals surface area contributed by atoms with Gasteiger partial charge in [-0.15, -0.1) is 0 Å². The third-order valence-corrected chi connectivity index (χ3v) is 1.20. The molecule has 0 aliphatic heterocycles. The van der Waals surface area contributed by atoms with Gasteiger partial charge in [0.1, 0.15) is 0 Å². The lowest BCUT2D eigenvalue weighted by Crippen LogP contribution is -2.25. The van der Waals surface area contributed by atoms with Crippen LogP contribution in [0.1, 0.15) is 13.8 Å². The normalized spacial score (nSPS) is 13.0. The molecule has 0 saturated carbocycles. The molecule has 3 nitrogen and oxygen atoms in total. The molecule has 4 N–H and O–H groups in total. The Morgan fingerprint density at radius 3 is 2.36 bits per heavy atom. The zero-order valence-electron chi connectivity index (χ0n) is 7.04. The molecule has 0 atom stereocenters. The van der Waals surface area contributed by atoms with Gasteiger partial charge in [-0.1, -0.05) is 12.7 Å². The van der Waals surface area contributed by atoms with E-state index in [1.54, 1.807) is 6.92 Å². The first-order chi connectivity index (χ1) is 5.13. The fourth-order valence-corrected chi connectivity index (χ4v) is 0.677. The summed E-state index contributed by atoms with van der Waals surface area (Å²) in [5, 5.41) is 1.38. The molecule has 0 unspecified atom stereocenters. The fourth-order valence-electron chi connectivity index (χ4n) is 0.677. The Morgan fingerprint density at radius 2 is 2.09 bits per heavy atom. The van der Waals surface area contributed by atoms with Crippen molar-refractivity contribution in [2.45, 2.75) is 13.8 Å². The predicted molar refractivity (Wildman–Crippen MR) is 47.9 cm³/mol. The van der Waals surface area contributed by atoms with Crippen LogP contribution in [0.3, 0.4) is 0 Å². The largest absolute Gasteiger partial charge is 0.401 e. The molecule has 0 aromatic rings. The zero-order valence-corrected chi connectivity index (χ0v) is 7.04. The second kappa shape index (κ2) is 4.57. The van der Waals surface area contributed by atoms with Gasteiger partial charge >= 0.3 is 0 Å². The highest BCUT2D eigenvalue weighted by Gasteiger charge is 1.98. The van der Waals surface area contributed by atoms with Crippen LogP contribution < -0.4 is 11.6 Å². The Kier molecular flexibility index (Phi) is 4.07. The van der Waals surface area contributed by atoms with Crippen molar-refractivity contribution in [3.8, 4) is 0 Å². The lowest BCUT2D eigenvalue weighted by molar-refractivity contribution is 0.503. The van der Waals surface area contributed by atoms with E-state index in [1.165, 1.54) is 11.2 Å². The zero-order chi connectivity index (χ0) is 8.85. The van der Waals surface area contributed by atoms with Crippen LogP contribution in [-0.4, -0.2) is 5.01 Å². The number of hydrazine groups is 1. The molecule has 0 bridgehead atoms. The minimum absolute atomic E-state index is 0.672. The molecule has 0 saturated heterocycles. The average molecular weight is 153 g/mol. The molecular formula is C8H15N3. The topological polar surface area (TPSA) is 55.3 Å². The Bertz CT molecular complexity index is 188. The van der Waals surface area contributed by atoms with Gasteiger partial charge in [0.25, 0.3) is 0 Å². The van der Waals surface area contributed by atoms with Crippen LogP contribution in [0.4, 0.5) is 0 Å². The summed E-state index contributed by atoms with van der Waals surface area (Å²) in [5.74, 6) is 5.53. The van der Waals surface area contributed by atoms with Crippen LogP contribution in [0.15, 0.2) is 36.3 Å². The van der Waals surface area contributed by atoms with Crippen molar-refractivity contribution in [3.63, 3.8) is 0 Å². The van der Waals surface area contributed by atoms with Gasteiger partial charge in [0.15, 0.2) is 0 Å². The van der Waals surface area contributed by atoms with Gasteiger partial charge in [-0.2, -0.15) is 0 Å². The second-order valence-corrected chi connectivity index (χ2v) is 2.16. The second-order valence-electron chi connectivity index (χ2n) is 2.16. The number of nitrogens with two attached hydrogens (primary N) is 2. The van der Waals surface area contributed by atoms with Gasteiger partial charge in [-0.3, -0.25) is 5.01 Å². The highest BCUT2D eigenvalue weighted by atomic mass is 15.4. The molecule has 0 aliphatic carbocycles. The molecule has 0 rings (SSSR count). The van der Waals surface area contributed by atoms with Crippen LogP contribution >= 0.6 is 0 Å². The first kappa shape index (κ1) is 9.78. The van der Waals surface area contributed by atoms with Crippen LogP contribution in [0.25, 0.3) is 0 Å². The lowest BCUT2D eigenvalue weighted by Gasteiger charge is -2.15.